The lowest BCUT2D eigenvalue weighted by Crippen LogP contribution is -2.13. The highest BCUT2D eigenvalue weighted by atomic mass is 16.5. The third kappa shape index (κ3) is 4.51. The second-order valence-electron chi connectivity index (χ2n) is 13.3. The van der Waals surface area contributed by atoms with Gasteiger partial charge in [0.15, 0.2) is 0 Å². The standard InChI is InChI=1S/C47H28N4O/c48-26-32(27-49)47-38-12-5-4-10-34(38)35-17-14-30(24-41(35)47)31-15-19-43-40(23-31)42-28-50-21-20-44(42)51(43)33-16-18-37-39(22-29-8-2-1-3-9-29)36-11-6-7-13-45(36)52-46(37)25-33/h1-21,23-25,28,39H,22H2. The van der Waals surface area contributed by atoms with Gasteiger partial charge in [-0.2, -0.15) is 10.5 Å². The predicted octanol–water partition coefficient (Wildman–Crippen LogP) is 11.2. The Morgan fingerprint density at radius 2 is 1.33 bits per heavy atom. The summed E-state index contributed by atoms with van der Waals surface area (Å²) in [7, 11) is 0. The molecule has 2 aromatic heterocycles. The molecule has 0 spiro atoms. The Bertz CT molecular complexity index is 2870. The summed E-state index contributed by atoms with van der Waals surface area (Å²) < 4.78 is 8.91. The molecule has 0 fully saturated rings. The van der Waals surface area contributed by atoms with Gasteiger partial charge in [-0.05, 0) is 81.8 Å². The number of allylic oxidation sites excluding steroid dienone is 1. The predicted molar refractivity (Wildman–Crippen MR) is 205 cm³/mol. The molecule has 0 amide bonds. The highest BCUT2D eigenvalue weighted by molar-refractivity contribution is 6.10. The van der Waals surface area contributed by atoms with Crippen molar-refractivity contribution in [2.75, 3.05) is 0 Å². The fourth-order valence-corrected chi connectivity index (χ4v) is 8.23. The van der Waals surface area contributed by atoms with E-state index < -0.39 is 0 Å². The smallest absolute Gasteiger partial charge is 0.138 e. The molecule has 0 N–H and O–H groups in total. The first-order valence-corrected chi connectivity index (χ1v) is 17.3. The molecule has 0 bridgehead atoms. The molecule has 1 aliphatic carbocycles. The molecule has 5 heteroatoms. The van der Waals surface area contributed by atoms with Gasteiger partial charge >= 0.3 is 0 Å². The van der Waals surface area contributed by atoms with E-state index in [2.05, 4.69) is 137 Å². The maximum atomic E-state index is 9.87. The van der Waals surface area contributed by atoms with E-state index in [1.54, 1.807) is 0 Å². The topological polar surface area (TPSA) is 74.6 Å². The van der Waals surface area contributed by atoms with Crippen LogP contribution in [0.25, 0.3) is 55.3 Å². The molecular weight excluding hydrogens is 637 g/mol. The van der Waals surface area contributed by atoms with Crippen LogP contribution in [0.3, 0.4) is 0 Å². The van der Waals surface area contributed by atoms with Crippen LogP contribution < -0.4 is 4.74 Å². The SMILES string of the molecule is N#CC(C#N)=C1c2ccccc2-c2ccc(-c3ccc4c(c3)c3cnccc3n4-c3ccc4c(c3)Oc3ccccc3C4Cc3ccccc3)cc21. The maximum Gasteiger partial charge on any atom is 0.138 e. The molecule has 0 saturated heterocycles. The fourth-order valence-electron chi connectivity index (χ4n) is 8.23. The van der Waals surface area contributed by atoms with Crippen molar-refractivity contribution in [3.8, 4) is 51.6 Å². The Hall–Kier alpha value is -7.21. The molecule has 1 aliphatic heterocycles. The van der Waals surface area contributed by atoms with E-state index in [0.29, 0.717) is 5.57 Å². The third-order valence-corrected chi connectivity index (χ3v) is 10.6. The summed E-state index contributed by atoms with van der Waals surface area (Å²) in [6, 6.07) is 52.8. The minimum absolute atomic E-state index is 0.122. The van der Waals surface area contributed by atoms with Crippen LogP contribution >= 0.6 is 0 Å². The van der Waals surface area contributed by atoms with E-state index in [-0.39, 0.29) is 11.5 Å². The average molecular weight is 665 g/mol. The second kappa shape index (κ2) is 11.7. The molecule has 10 rings (SSSR count). The van der Waals surface area contributed by atoms with E-state index in [9.17, 15) is 10.5 Å². The van der Waals surface area contributed by atoms with Gasteiger partial charge in [0.05, 0.1) is 11.0 Å². The number of nitrogens with zero attached hydrogens (tertiary/aromatic N) is 4. The number of aromatic nitrogens is 2. The number of nitriles is 2. The van der Waals surface area contributed by atoms with Gasteiger partial charge in [-0.25, -0.2) is 0 Å². The van der Waals surface area contributed by atoms with Crippen LogP contribution in [0.2, 0.25) is 0 Å². The van der Waals surface area contributed by atoms with Crippen molar-refractivity contribution >= 4 is 27.4 Å². The van der Waals surface area contributed by atoms with Crippen molar-refractivity contribution in [3.05, 3.63) is 185 Å². The van der Waals surface area contributed by atoms with Gasteiger partial charge in [0.25, 0.3) is 0 Å². The lowest BCUT2D eigenvalue weighted by Gasteiger charge is -2.29. The zero-order chi connectivity index (χ0) is 34.8. The number of benzene rings is 6. The number of hydrogen-bond donors (Lipinski definition) is 0. The number of para-hydroxylation sites is 1. The lowest BCUT2D eigenvalue weighted by atomic mass is 9.83. The van der Waals surface area contributed by atoms with Gasteiger partial charge in [-0.1, -0.05) is 97.1 Å². The van der Waals surface area contributed by atoms with Crippen LogP contribution in [0.5, 0.6) is 11.5 Å². The molecule has 0 radical (unpaired) electrons. The number of ether oxygens (including phenoxy) is 1. The van der Waals surface area contributed by atoms with E-state index in [1.165, 1.54) is 16.7 Å². The first kappa shape index (κ1) is 29.7. The van der Waals surface area contributed by atoms with Gasteiger partial charge in [-0.3, -0.25) is 4.98 Å². The van der Waals surface area contributed by atoms with E-state index in [4.69, 9.17) is 4.74 Å². The number of pyridine rings is 1. The second-order valence-corrected chi connectivity index (χ2v) is 13.3. The molecule has 2 aliphatic rings. The normalized spacial score (nSPS) is 13.7. The zero-order valence-electron chi connectivity index (χ0n) is 27.9. The van der Waals surface area contributed by atoms with Gasteiger partial charge < -0.3 is 9.30 Å². The summed E-state index contributed by atoms with van der Waals surface area (Å²) >= 11 is 0. The Kier molecular flexibility index (Phi) is 6.68. The minimum Gasteiger partial charge on any atom is -0.457 e. The van der Waals surface area contributed by atoms with Crippen molar-refractivity contribution in [1.29, 1.82) is 10.5 Å². The highest BCUT2D eigenvalue weighted by Gasteiger charge is 2.29. The number of fused-ring (bicyclic) bond motifs is 8. The molecule has 3 heterocycles. The molecule has 6 aromatic carbocycles. The number of hydrogen-bond acceptors (Lipinski definition) is 4. The Labute approximate surface area is 300 Å². The lowest BCUT2D eigenvalue weighted by molar-refractivity contribution is 0.444. The van der Waals surface area contributed by atoms with Crippen LogP contribution in [0, 0.1) is 22.7 Å². The molecular formula is C47H28N4O. The van der Waals surface area contributed by atoms with Crippen LogP contribution in [0.4, 0.5) is 0 Å². The van der Waals surface area contributed by atoms with Crippen LogP contribution in [0.15, 0.2) is 157 Å². The fraction of sp³-hybridized carbons (Fsp3) is 0.0426. The zero-order valence-corrected chi connectivity index (χ0v) is 27.9. The molecule has 52 heavy (non-hydrogen) atoms. The van der Waals surface area contributed by atoms with Gasteiger partial charge in [0.2, 0.25) is 0 Å². The van der Waals surface area contributed by atoms with E-state index >= 15 is 0 Å². The molecule has 242 valence electrons. The summed E-state index contributed by atoms with van der Waals surface area (Å²) in [6.07, 6.45) is 4.66. The molecule has 8 aromatic rings. The van der Waals surface area contributed by atoms with Gasteiger partial charge in [0, 0.05) is 57.5 Å². The summed E-state index contributed by atoms with van der Waals surface area (Å²) in [5.41, 5.74) is 13.6. The van der Waals surface area contributed by atoms with Gasteiger partial charge in [-0.15, -0.1) is 0 Å². The average Bonchev–Trinajstić information content (AvgIpc) is 3.71. The van der Waals surface area contributed by atoms with Crippen LogP contribution in [0.1, 0.15) is 33.7 Å². The van der Waals surface area contributed by atoms with Crippen LogP contribution in [-0.4, -0.2) is 9.55 Å². The van der Waals surface area contributed by atoms with E-state index in [0.717, 1.165) is 78.8 Å². The Morgan fingerprint density at radius 1 is 0.615 bits per heavy atom. The van der Waals surface area contributed by atoms with Gasteiger partial charge in [0.1, 0.15) is 29.2 Å². The summed E-state index contributed by atoms with van der Waals surface area (Å²) in [6.45, 7) is 0. The minimum atomic E-state index is 0.122. The maximum absolute atomic E-state index is 9.87. The largest absolute Gasteiger partial charge is 0.457 e. The first-order valence-electron chi connectivity index (χ1n) is 17.3. The third-order valence-electron chi connectivity index (χ3n) is 10.6. The number of rotatable bonds is 4. The van der Waals surface area contributed by atoms with Crippen molar-refractivity contribution in [2.45, 2.75) is 12.3 Å². The highest BCUT2D eigenvalue weighted by Crippen LogP contribution is 2.49. The van der Waals surface area contributed by atoms with Crippen molar-refractivity contribution in [3.63, 3.8) is 0 Å². The summed E-state index contributed by atoms with van der Waals surface area (Å²) in [4.78, 5) is 4.53. The van der Waals surface area contributed by atoms with E-state index in [1.807, 2.05) is 36.7 Å². The Balaban J connectivity index is 1.10. The summed E-state index contributed by atoms with van der Waals surface area (Å²) in [5, 5.41) is 21.9. The molecule has 0 saturated carbocycles. The Morgan fingerprint density at radius 3 is 2.19 bits per heavy atom. The van der Waals surface area contributed by atoms with Crippen LogP contribution in [-0.2, 0) is 6.42 Å². The van der Waals surface area contributed by atoms with Crippen molar-refractivity contribution in [2.24, 2.45) is 0 Å². The first-order chi connectivity index (χ1) is 25.7. The van der Waals surface area contributed by atoms with Crippen molar-refractivity contribution < 1.29 is 4.74 Å². The monoisotopic (exact) mass is 664 g/mol. The van der Waals surface area contributed by atoms with Crippen molar-refractivity contribution in [1.82, 2.24) is 9.55 Å². The summed E-state index contributed by atoms with van der Waals surface area (Å²) in [5.74, 6) is 1.94. The molecule has 1 atom stereocenters. The quantitative estimate of drug-likeness (QED) is 0.176. The molecule has 5 nitrogen and oxygen atoms in total. The molecule has 1 unspecified atom stereocenters.